The molecule has 2 aromatic carbocycles. The highest BCUT2D eigenvalue weighted by Gasteiger charge is 2.29. The number of ether oxygens (including phenoxy) is 1. The van der Waals surface area contributed by atoms with Crippen LogP contribution >= 0.6 is 0 Å². The summed E-state index contributed by atoms with van der Waals surface area (Å²) in [4.78, 5) is 12.0. The Balaban J connectivity index is 1.70. The van der Waals surface area contributed by atoms with Crippen molar-refractivity contribution in [3.8, 4) is 5.75 Å². The molecule has 1 aliphatic heterocycles. The molecule has 0 fully saturated rings. The molecule has 2 aromatic rings. The zero-order valence-electron chi connectivity index (χ0n) is 11.2. The molecule has 0 saturated heterocycles. The third-order valence-corrected chi connectivity index (χ3v) is 3.46. The number of fused-ring (bicyclic) bond motifs is 1. The van der Waals surface area contributed by atoms with E-state index < -0.39 is 0 Å². The quantitative estimate of drug-likeness (QED) is 0.895. The molecule has 3 rings (SSSR count). The molecule has 0 aromatic heterocycles. The molecule has 4 nitrogen and oxygen atoms in total. The van der Waals surface area contributed by atoms with E-state index >= 15 is 0 Å². The fraction of sp³-hybridized carbons (Fsp3) is 0.188. The first-order valence-corrected chi connectivity index (χ1v) is 6.54. The van der Waals surface area contributed by atoms with Crippen molar-refractivity contribution in [2.75, 3.05) is 12.4 Å². The van der Waals surface area contributed by atoms with E-state index in [-0.39, 0.29) is 11.9 Å². The Bertz CT molecular complexity index is 623. The molecule has 0 saturated carbocycles. The molecule has 102 valence electrons. The van der Waals surface area contributed by atoms with Crippen LogP contribution in [0.2, 0.25) is 0 Å². The number of nitrogens with one attached hydrogen (secondary N) is 2. The summed E-state index contributed by atoms with van der Waals surface area (Å²) in [6.45, 7) is 0.635. The third-order valence-electron chi connectivity index (χ3n) is 3.46. The Morgan fingerprint density at radius 3 is 2.65 bits per heavy atom. The second-order valence-corrected chi connectivity index (χ2v) is 4.74. The summed E-state index contributed by atoms with van der Waals surface area (Å²) >= 11 is 0. The van der Waals surface area contributed by atoms with Crippen LogP contribution in [0, 0.1) is 0 Å². The molecule has 1 aliphatic rings. The normalized spacial score (nSPS) is 16.6. The molecule has 4 heteroatoms. The number of carbonyl (C=O) groups is 1. The van der Waals surface area contributed by atoms with Crippen LogP contribution in [0.1, 0.15) is 17.2 Å². The van der Waals surface area contributed by atoms with Gasteiger partial charge in [0.25, 0.3) is 0 Å². The monoisotopic (exact) mass is 268 g/mol. The van der Waals surface area contributed by atoms with E-state index in [2.05, 4.69) is 10.6 Å². The summed E-state index contributed by atoms with van der Waals surface area (Å²) in [6, 6.07) is 15.3. The predicted molar refractivity (Wildman–Crippen MR) is 77.6 cm³/mol. The van der Waals surface area contributed by atoms with Gasteiger partial charge in [-0.25, -0.2) is 0 Å². The van der Waals surface area contributed by atoms with Crippen molar-refractivity contribution in [2.24, 2.45) is 0 Å². The molecule has 20 heavy (non-hydrogen) atoms. The van der Waals surface area contributed by atoms with Gasteiger partial charge < -0.3 is 10.1 Å². The first kappa shape index (κ1) is 12.7. The lowest BCUT2D eigenvalue weighted by Gasteiger charge is -2.11. The van der Waals surface area contributed by atoms with Crippen LogP contribution in [-0.4, -0.2) is 13.0 Å². The number of methoxy groups -OCH3 is 1. The topological polar surface area (TPSA) is 50.4 Å². The smallest absolute Gasteiger partial charge is 0.246 e. The zero-order chi connectivity index (χ0) is 13.9. The van der Waals surface area contributed by atoms with Crippen LogP contribution in [0.15, 0.2) is 48.5 Å². The van der Waals surface area contributed by atoms with Gasteiger partial charge in [0.1, 0.15) is 11.8 Å². The van der Waals surface area contributed by atoms with Gasteiger partial charge in [0, 0.05) is 17.8 Å². The van der Waals surface area contributed by atoms with Gasteiger partial charge in [0.05, 0.1) is 7.11 Å². The van der Waals surface area contributed by atoms with E-state index in [1.54, 1.807) is 7.11 Å². The summed E-state index contributed by atoms with van der Waals surface area (Å²) in [7, 11) is 1.65. The van der Waals surface area contributed by atoms with Gasteiger partial charge in [-0.15, -0.1) is 0 Å². The lowest BCUT2D eigenvalue weighted by Crippen LogP contribution is -2.27. The molecule has 1 amide bonds. The van der Waals surface area contributed by atoms with Gasteiger partial charge in [0.15, 0.2) is 0 Å². The van der Waals surface area contributed by atoms with Crippen molar-refractivity contribution in [1.82, 2.24) is 5.32 Å². The minimum absolute atomic E-state index is 0.000267. The number of hydrogen-bond acceptors (Lipinski definition) is 3. The summed E-state index contributed by atoms with van der Waals surface area (Å²) in [5, 5.41) is 6.17. The van der Waals surface area contributed by atoms with Crippen LogP contribution in [0.25, 0.3) is 0 Å². The summed E-state index contributed by atoms with van der Waals surface area (Å²) in [5.41, 5.74) is 3.01. The molecule has 1 atom stereocenters. The van der Waals surface area contributed by atoms with Gasteiger partial charge in [-0.3, -0.25) is 10.1 Å². The second-order valence-electron chi connectivity index (χ2n) is 4.74. The minimum Gasteiger partial charge on any atom is -0.497 e. The first-order valence-electron chi connectivity index (χ1n) is 6.54. The number of hydrogen-bond donors (Lipinski definition) is 2. The predicted octanol–water partition coefficient (Wildman–Crippen LogP) is 2.48. The van der Waals surface area contributed by atoms with Crippen molar-refractivity contribution < 1.29 is 9.53 Å². The minimum atomic E-state index is -0.284. The summed E-state index contributed by atoms with van der Waals surface area (Å²) in [6.07, 6.45) is 0. The Kier molecular flexibility index (Phi) is 3.39. The van der Waals surface area contributed by atoms with Gasteiger partial charge in [0.2, 0.25) is 5.91 Å². The summed E-state index contributed by atoms with van der Waals surface area (Å²) in [5.74, 6) is 0.831. The number of benzene rings is 2. The van der Waals surface area contributed by atoms with E-state index in [9.17, 15) is 4.79 Å². The SMILES string of the molecule is COc1ccc(CNC2C(=O)Nc3ccccc32)cc1. The number of anilines is 1. The highest BCUT2D eigenvalue weighted by molar-refractivity contribution is 6.02. The number of rotatable bonds is 4. The maximum absolute atomic E-state index is 12.0. The van der Waals surface area contributed by atoms with Gasteiger partial charge in [-0.05, 0) is 23.8 Å². The Morgan fingerprint density at radius 1 is 1.15 bits per heavy atom. The fourth-order valence-corrected chi connectivity index (χ4v) is 2.37. The van der Waals surface area contributed by atoms with E-state index in [1.165, 1.54) is 0 Å². The van der Waals surface area contributed by atoms with Crippen LogP contribution in [0.5, 0.6) is 5.75 Å². The van der Waals surface area contributed by atoms with Crippen molar-refractivity contribution in [3.05, 3.63) is 59.7 Å². The van der Waals surface area contributed by atoms with Crippen LogP contribution in [0.4, 0.5) is 5.69 Å². The fourth-order valence-electron chi connectivity index (χ4n) is 2.37. The molecule has 0 aliphatic carbocycles. The van der Waals surface area contributed by atoms with E-state index in [4.69, 9.17) is 4.74 Å². The second kappa shape index (κ2) is 5.35. The Morgan fingerprint density at radius 2 is 1.90 bits per heavy atom. The van der Waals surface area contributed by atoms with E-state index in [0.717, 1.165) is 22.6 Å². The molecule has 1 heterocycles. The van der Waals surface area contributed by atoms with Crippen molar-refractivity contribution in [3.63, 3.8) is 0 Å². The molecule has 0 bridgehead atoms. The number of amides is 1. The molecule has 0 spiro atoms. The summed E-state index contributed by atoms with van der Waals surface area (Å²) < 4.78 is 5.13. The van der Waals surface area contributed by atoms with Crippen molar-refractivity contribution in [2.45, 2.75) is 12.6 Å². The van der Waals surface area contributed by atoms with Crippen molar-refractivity contribution in [1.29, 1.82) is 0 Å². The molecule has 1 unspecified atom stereocenters. The Labute approximate surface area is 117 Å². The zero-order valence-corrected chi connectivity index (χ0v) is 11.2. The number of carbonyl (C=O) groups excluding carboxylic acids is 1. The number of para-hydroxylation sites is 1. The molecular weight excluding hydrogens is 252 g/mol. The van der Waals surface area contributed by atoms with Crippen LogP contribution in [0.3, 0.4) is 0 Å². The largest absolute Gasteiger partial charge is 0.497 e. The maximum atomic E-state index is 12.0. The highest BCUT2D eigenvalue weighted by Crippen LogP contribution is 2.30. The molecule has 0 radical (unpaired) electrons. The lowest BCUT2D eigenvalue weighted by molar-refractivity contribution is -0.117. The lowest BCUT2D eigenvalue weighted by atomic mass is 10.1. The molecule has 2 N–H and O–H groups in total. The van der Waals surface area contributed by atoms with Gasteiger partial charge in [-0.2, -0.15) is 0 Å². The van der Waals surface area contributed by atoms with E-state index in [1.807, 2.05) is 48.5 Å². The standard InChI is InChI=1S/C16H16N2O2/c1-20-12-8-6-11(7-9-12)10-17-15-13-4-2-3-5-14(13)18-16(15)19/h2-9,15,17H,10H2,1H3,(H,18,19). The maximum Gasteiger partial charge on any atom is 0.246 e. The average molecular weight is 268 g/mol. The van der Waals surface area contributed by atoms with Crippen LogP contribution < -0.4 is 15.4 Å². The van der Waals surface area contributed by atoms with Gasteiger partial charge >= 0.3 is 0 Å². The highest BCUT2D eigenvalue weighted by atomic mass is 16.5. The first-order chi connectivity index (χ1) is 9.78. The third kappa shape index (κ3) is 2.38. The van der Waals surface area contributed by atoms with Crippen molar-refractivity contribution >= 4 is 11.6 Å². The van der Waals surface area contributed by atoms with Crippen LogP contribution in [-0.2, 0) is 11.3 Å². The Hall–Kier alpha value is -2.33. The average Bonchev–Trinajstić information content (AvgIpc) is 2.81. The molecular formula is C16H16N2O2. The van der Waals surface area contributed by atoms with Gasteiger partial charge in [-0.1, -0.05) is 30.3 Å². The van der Waals surface area contributed by atoms with E-state index in [0.29, 0.717) is 6.54 Å².